The monoisotopic (exact) mass is 295 g/mol. The summed E-state index contributed by atoms with van der Waals surface area (Å²) in [5.74, 6) is 0.330. The van der Waals surface area contributed by atoms with Crippen molar-refractivity contribution in [2.45, 2.75) is 20.8 Å². The third-order valence-corrected chi connectivity index (χ3v) is 2.64. The van der Waals surface area contributed by atoms with Crippen molar-refractivity contribution in [3.05, 3.63) is 22.2 Å². The Hall–Kier alpha value is -2.38. The van der Waals surface area contributed by atoms with E-state index in [4.69, 9.17) is 5.73 Å². The molecule has 0 spiro atoms. The quantitative estimate of drug-likeness (QED) is 0.553. The van der Waals surface area contributed by atoms with Crippen LogP contribution in [0.4, 0.5) is 17.3 Å². The summed E-state index contributed by atoms with van der Waals surface area (Å²) >= 11 is 0. The van der Waals surface area contributed by atoms with Crippen LogP contribution in [0.2, 0.25) is 0 Å². The van der Waals surface area contributed by atoms with Crippen LogP contribution >= 0.6 is 0 Å². The van der Waals surface area contributed by atoms with E-state index in [1.807, 2.05) is 20.8 Å². The fourth-order valence-corrected chi connectivity index (χ4v) is 1.95. The lowest BCUT2D eigenvalue weighted by molar-refractivity contribution is -0.384. The van der Waals surface area contributed by atoms with E-state index in [-0.39, 0.29) is 24.0 Å². The second-order valence-electron chi connectivity index (χ2n) is 5.07. The normalized spacial score (nSPS) is 10.5. The van der Waals surface area contributed by atoms with Crippen molar-refractivity contribution >= 4 is 23.2 Å². The van der Waals surface area contributed by atoms with Crippen molar-refractivity contribution in [1.29, 1.82) is 0 Å². The van der Waals surface area contributed by atoms with Gasteiger partial charge in [-0.25, -0.2) is 4.98 Å². The van der Waals surface area contributed by atoms with Crippen LogP contribution < -0.4 is 16.0 Å². The molecule has 0 aromatic carbocycles. The van der Waals surface area contributed by atoms with Crippen LogP contribution in [-0.4, -0.2) is 35.4 Å². The molecule has 0 bridgehead atoms. The van der Waals surface area contributed by atoms with E-state index in [1.165, 1.54) is 6.07 Å². The SMILES string of the molecule is CCNc1ccc([N+](=O)[O-])c(N(CC(N)=O)CC(C)C)n1. The molecule has 1 heterocycles. The van der Waals surface area contributed by atoms with Gasteiger partial charge in [-0.3, -0.25) is 14.9 Å². The first-order chi connectivity index (χ1) is 9.85. The molecule has 0 unspecified atom stereocenters. The van der Waals surface area contributed by atoms with Crippen LogP contribution in [0.1, 0.15) is 20.8 Å². The van der Waals surface area contributed by atoms with E-state index in [2.05, 4.69) is 10.3 Å². The number of nitro groups is 1. The third kappa shape index (κ3) is 4.90. The average molecular weight is 295 g/mol. The lowest BCUT2D eigenvalue weighted by atomic mass is 10.2. The number of primary amides is 1. The summed E-state index contributed by atoms with van der Waals surface area (Å²) in [6.45, 7) is 6.79. The number of aromatic nitrogens is 1. The van der Waals surface area contributed by atoms with Gasteiger partial charge in [0.05, 0.1) is 11.5 Å². The second kappa shape index (κ2) is 7.41. The number of pyridine rings is 1. The molecule has 1 aromatic heterocycles. The molecule has 0 aliphatic carbocycles. The third-order valence-electron chi connectivity index (χ3n) is 2.64. The van der Waals surface area contributed by atoms with Crippen molar-refractivity contribution in [2.24, 2.45) is 11.7 Å². The smallest absolute Gasteiger partial charge is 0.311 e. The Morgan fingerprint density at radius 2 is 2.19 bits per heavy atom. The van der Waals surface area contributed by atoms with Crippen LogP contribution in [-0.2, 0) is 4.79 Å². The standard InChI is InChI=1S/C13H21N5O3/c1-4-15-12-6-5-10(18(20)21)13(16-12)17(7-9(2)3)8-11(14)19/h5-6,9H,4,7-8H2,1-3H3,(H2,14,19)(H,15,16). The van der Waals surface area contributed by atoms with Crippen molar-refractivity contribution in [2.75, 3.05) is 29.9 Å². The van der Waals surface area contributed by atoms with E-state index in [0.717, 1.165) is 0 Å². The highest BCUT2D eigenvalue weighted by Crippen LogP contribution is 2.28. The van der Waals surface area contributed by atoms with Gasteiger partial charge in [0.1, 0.15) is 5.82 Å². The molecule has 8 nitrogen and oxygen atoms in total. The zero-order valence-corrected chi connectivity index (χ0v) is 12.5. The van der Waals surface area contributed by atoms with Gasteiger partial charge in [-0.05, 0) is 18.9 Å². The fraction of sp³-hybridized carbons (Fsp3) is 0.538. The zero-order valence-electron chi connectivity index (χ0n) is 12.5. The molecule has 116 valence electrons. The number of nitrogens with two attached hydrogens (primary N) is 1. The number of anilines is 2. The Bertz CT molecular complexity index is 519. The van der Waals surface area contributed by atoms with Crippen molar-refractivity contribution in [3.8, 4) is 0 Å². The molecule has 1 aromatic rings. The minimum Gasteiger partial charge on any atom is -0.370 e. The van der Waals surface area contributed by atoms with Gasteiger partial charge in [-0.1, -0.05) is 13.8 Å². The maximum Gasteiger partial charge on any atom is 0.311 e. The van der Waals surface area contributed by atoms with E-state index in [0.29, 0.717) is 18.9 Å². The lowest BCUT2D eigenvalue weighted by Crippen LogP contribution is -2.37. The summed E-state index contributed by atoms with van der Waals surface area (Å²) in [6, 6.07) is 2.93. The highest BCUT2D eigenvalue weighted by Gasteiger charge is 2.23. The number of amides is 1. The molecule has 0 saturated carbocycles. The number of nitrogens with one attached hydrogen (secondary N) is 1. The van der Waals surface area contributed by atoms with Crippen molar-refractivity contribution < 1.29 is 9.72 Å². The van der Waals surface area contributed by atoms with Gasteiger partial charge in [0.25, 0.3) is 0 Å². The first-order valence-corrected chi connectivity index (χ1v) is 6.77. The van der Waals surface area contributed by atoms with E-state index in [1.54, 1.807) is 11.0 Å². The maximum atomic E-state index is 11.2. The number of hydrogen-bond donors (Lipinski definition) is 2. The Balaban J connectivity index is 3.26. The Morgan fingerprint density at radius 3 is 2.67 bits per heavy atom. The fourth-order valence-electron chi connectivity index (χ4n) is 1.95. The summed E-state index contributed by atoms with van der Waals surface area (Å²) in [5, 5.41) is 14.2. The molecule has 0 atom stereocenters. The topological polar surface area (TPSA) is 114 Å². The molecular formula is C13H21N5O3. The average Bonchev–Trinajstić information content (AvgIpc) is 2.36. The minimum atomic E-state index is -0.555. The predicted octanol–water partition coefficient (Wildman–Crippen LogP) is 1.37. The van der Waals surface area contributed by atoms with Crippen LogP contribution in [0.15, 0.2) is 12.1 Å². The lowest BCUT2D eigenvalue weighted by Gasteiger charge is -2.24. The number of carbonyl (C=O) groups excluding carboxylic acids is 1. The zero-order chi connectivity index (χ0) is 16.0. The molecule has 0 aliphatic rings. The largest absolute Gasteiger partial charge is 0.370 e. The van der Waals surface area contributed by atoms with Crippen LogP contribution in [0.25, 0.3) is 0 Å². The van der Waals surface area contributed by atoms with E-state index >= 15 is 0 Å². The molecule has 1 amide bonds. The van der Waals surface area contributed by atoms with Crippen LogP contribution in [0.3, 0.4) is 0 Å². The van der Waals surface area contributed by atoms with Gasteiger partial charge in [-0.2, -0.15) is 0 Å². The number of rotatable bonds is 8. The molecule has 8 heteroatoms. The Labute approximate surface area is 123 Å². The van der Waals surface area contributed by atoms with Gasteiger partial charge in [-0.15, -0.1) is 0 Å². The maximum absolute atomic E-state index is 11.2. The number of nitrogens with zero attached hydrogens (tertiary/aromatic N) is 3. The van der Waals surface area contributed by atoms with Crippen molar-refractivity contribution in [1.82, 2.24) is 4.98 Å². The summed E-state index contributed by atoms with van der Waals surface area (Å²) in [7, 11) is 0. The van der Waals surface area contributed by atoms with Crippen LogP contribution in [0.5, 0.6) is 0 Å². The summed E-state index contributed by atoms with van der Waals surface area (Å²) in [5.41, 5.74) is 5.10. The number of hydrogen-bond acceptors (Lipinski definition) is 6. The highest BCUT2D eigenvalue weighted by atomic mass is 16.6. The van der Waals surface area contributed by atoms with Gasteiger partial charge < -0.3 is 16.0 Å². The predicted molar refractivity (Wildman–Crippen MR) is 81.3 cm³/mol. The van der Waals surface area contributed by atoms with Gasteiger partial charge in [0.2, 0.25) is 11.7 Å². The van der Waals surface area contributed by atoms with Gasteiger partial charge in [0.15, 0.2) is 0 Å². The minimum absolute atomic E-state index is 0.110. The molecule has 21 heavy (non-hydrogen) atoms. The molecule has 0 radical (unpaired) electrons. The highest BCUT2D eigenvalue weighted by molar-refractivity contribution is 5.80. The first kappa shape index (κ1) is 16.7. The molecule has 1 rings (SSSR count). The van der Waals surface area contributed by atoms with Crippen LogP contribution in [0, 0.1) is 16.0 Å². The molecule has 0 aliphatic heterocycles. The molecule has 0 fully saturated rings. The Morgan fingerprint density at radius 1 is 1.52 bits per heavy atom. The second-order valence-corrected chi connectivity index (χ2v) is 5.07. The summed E-state index contributed by atoms with van der Waals surface area (Å²) in [4.78, 5) is 27.7. The van der Waals surface area contributed by atoms with Gasteiger partial charge in [0, 0.05) is 19.2 Å². The molecular weight excluding hydrogens is 274 g/mol. The summed E-state index contributed by atoms with van der Waals surface area (Å²) < 4.78 is 0. The molecule has 3 N–H and O–H groups in total. The van der Waals surface area contributed by atoms with E-state index < -0.39 is 10.8 Å². The first-order valence-electron chi connectivity index (χ1n) is 6.77. The van der Waals surface area contributed by atoms with Gasteiger partial charge >= 0.3 is 5.69 Å². The van der Waals surface area contributed by atoms with Crippen molar-refractivity contribution in [3.63, 3.8) is 0 Å². The van der Waals surface area contributed by atoms with E-state index in [9.17, 15) is 14.9 Å². The molecule has 0 saturated heterocycles. The number of carbonyl (C=O) groups is 1. The Kier molecular flexibility index (Phi) is 5.89. The summed E-state index contributed by atoms with van der Waals surface area (Å²) in [6.07, 6.45) is 0.